The molecule has 1 aromatic heterocycles. The normalized spacial score (nSPS) is 15.3. The van der Waals surface area contributed by atoms with Crippen molar-refractivity contribution in [2.45, 2.75) is 20.0 Å². The summed E-state index contributed by atoms with van der Waals surface area (Å²) in [4.78, 5) is 13.4. The van der Waals surface area contributed by atoms with E-state index in [0.29, 0.717) is 13.2 Å². The summed E-state index contributed by atoms with van der Waals surface area (Å²) in [7, 11) is 3.82. The molecule has 0 aliphatic carbocycles. The molecular weight excluding hydrogens is 386 g/mol. The molecule has 2 heterocycles. The quantitative estimate of drug-likeness (QED) is 0.526. The van der Waals surface area contributed by atoms with Crippen molar-refractivity contribution in [2.24, 2.45) is 4.99 Å². The van der Waals surface area contributed by atoms with E-state index in [4.69, 9.17) is 9.47 Å². The highest BCUT2D eigenvalue weighted by molar-refractivity contribution is 7.09. The van der Waals surface area contributed by atoms with Gasteiger partial charge in [-0.05, 0) is 13.0 Å². The number of nitrogens with one attached hydrogen (secondary N) is 1. The number of aryl methyl sites for hydroxylation is 1. The maximum absolute atomic E-state index is 6.08. The summed E-state index contributed by atoms with van der Waals surface area (Å²) in [5.74, 6) is 1.75. The highest BCUT2D eigenvalue weighted by Crippen LogP contribution is 2.18. The van der Waals surface area contributed by atoms with Crippen LogP contribution in [0.5, 0.6) is 5.75 Å². The van der Waals surface area contributed by atoms with Gasteiger partial charge in [0.2, 0.25) is 0 Å². The van der Waals surface area contributed by atoms with Crippen LogP contribution in [0.2, 0.25) is 0 Å². The van der Waals surface area contributed by atoms with E-state index in [-0.39, 0.29) is 0 Å². The summed E-state index contributed by atoms with van der Waals surface area (Å²) < 4.78 is 11.5. The molecular formula is C21H31N5O2S. The maximum Gasteiger partial charge on any atom is 0.194 e. The second-order valence-corrected chi connectivity index (χ2v) is 8.09. The van der Waals surface area contributed by atoms with E-state index >= 15 is 0 Å². The van der Waals surface area contributed by atoms with Crippen LogP contribution in [0.3, 0.4) is 0 Å². The first-order valence-electron chi connectivity index (χ1n) is 9.99. The van der Waals surface area contributed by atoms with Gasteiger partial charge in [-0.25, -0.2) is 4.98 Å². The van der Waals surface area contributed by atoms with Gasteiger partial charge in [-0.3, -0.25) is 9.89 Å². The number of nitrogens with zero attached hydrogens (tertiary/aromatic N) is 4. The van der Waals surface area contributed by atoms with Crippen molar-refractivity contribution in [1.29, 1.82) is 0 Å². The standard InChI is InChI=1S/C21H31N5O2S/c1-17-24-19(16-29-17)15-25(3)21(22-2)23-14-18-6-4-5-7-20(18)28-13-10-26-8-11-27-12-9-26/h4-7,16H,8-15H2,1-3H3,(H,22,23). The Morgan fingerprint density at radius 3 is 2.86 bits per heavy atom. The smallest absolute Gasteiger partial charge is 0.194 e. The third-order valence-corrected chi connectivity index (χ3v) is 5.64. The van der Waals surface area contributed by atoms with Crippen LogP contribution in [-0.4, -0.2) is 74.3 Å². The highest BCUT2D eigenvalue weighted by atomic mass is 32.1. The topological polar surface area (TPSA) is 62.2 Å². The molecule has 0 atom stereocenters. The molecule has 0 amide bonds. The lowest BCUT2D eigenvalue weighted by molar-refractivity contribution is 0.0322. The van der Waals surface area contributed by atoms with Crippen LogP contribution in [0.4, 0.5) is 0 Å². The lowest BCUT2D eigenvalue weighted by Crippen LogP contribution is -2.39. The largest absolute Gasteiger partial charge is 0.492 e. The molecule has 0 unspecified atom stereocenters. The van der Waals surface area contributed by atoms with Crippen LogP contribution in [0.15, 0.2) is 34.6 Å². The van der Waals surface area contributed by atoms with Crippen molar-refractivity contribution in [3.8, 4) is 5.75 Å². The fourth-order valence-electron chi connectivity index (χ4n) is 3.26. The zero-order chi connectivity index (χ0) is 20.5. The summed E-state index contributed by atoms with van der Waals surface area (Å²) in [6.45, 7) is 8.58. The van der Waals surface area contributed by atoms with Gasteiger partial charge in [-0.1, -0.05) is 18.2 Å². The molecule has 0 spiro atoms. The van der Waals surface area contributed by atoms with Crippen molar-refractivity contribution in [3.63, 3.8) is 0 Å². The Hall–Kier alpha value is -2.16. The molecule has 0 bridgehead atoms. The Morgan fingerprint density at radius 2 is 2.14 bits per heavy atom. The van der Waals surface area contributed by atoms with E-state index in [1.807, 2.05) is 32.2 Å². The molecule has 1 N–H and O–H groups in total. The summed E-state index contributed by atoms with van der Waals surface area (Å²) >= 11 is 1.67. The SMILES string of the molecule is CN=C(NCc1ccccc1OCCN1CCOCC1)N(C)Cc1csc(C)n1. The molecule has 1 aliphatic rings. The zero-order valence-corrected chi connectivity index (χ0v) is 18.4. The van der Waals surface area contributed by atoms with E-state index in [1.54, 1.807) is 18.4 Å². The van der Waals surface area contributed by atoms with Gasteiger partial charge in [0.05, 0.1) is 30.5 Å². The zero-order valence-electron chi connectivity index (χ0n) is 17.6. The van der Waals surface area contributed by atoms with E-state index < -0.39 is 0 Å². The average Bonchev–Trinajstić information content (AvgIpc) is 3.15. The molecule has 2 aromatic rings. The third-order valence-electron chi connectivity index (χ3n) is 4.82. The van der Waals surface area contributed by atoms with Gasteiger partial charge >= 0.3 is 0 Å². The van der Waals surface area contributed by atoms with Crippen molar-refractivity contribution in [1.82, 2.24) is 20.1 Å². The Labute approximate surface area is 177 Å². The Morgan fingerprint density at radius 1 is 1.34 bits per heavy atom. The molecule has 1 fully saturated rings. The van der Waals surface area contributed by atoms with E-state index in [2.05, 4.69) is 36.5 Å². The Balaban J connectivity index is 1.50. The molecule has 3 rings (SSSR count). The van der Waals surface area contributed by atoms with Crippen LogP contribution in [-0.2, 0) is 17.8 Å². The van der Waals surface area contributed by atoms with Gasteiger partial charge in [0.1, 0.15) is 12.4 Å². The fraction of sp³-hybridized carbons (Fsp3) is 0.524. The highest BCUT2D eigenvalue weighted by Gasteiger charge is 2.12. The van der Waals surface area contributed by atoms with Crippen LogP contribution in [0, 0.1) is 6.92 Å². The molecule has 1 aliphatic heterocycles. The molecule has 1 aromatic carbocycles. The van der Waals surface area contributed by atoms with Crippen molar-refractivity contribution >= 4 is 17.3 Å². The number of hydrogen-bond acceptors (Lipinski definition) is 6. The molecule has 1 saturated heterocycles. The first-order chi connectivity index (χ1) is 14.2. The number of benzene rings is 1. The first kappa shape index (κ1) is 21.5. The predicted octanol–water partition coefficient (Wildman–Crippen LogP) is 2.37. The second-order valence-electron chi connectivity index (χ2n) is 7.02. The summed E-state index contributed by atoms with van der Waals surface area (Å²) in [5, 5.41) is 6.61. The van der Waals surface area contributed by atoms with Crippen LogP contribution in [0.25, 0.3) is 0 Å². The third kappa shape index (κ3) is 6.69. The van der Waals surface area contributed by atoms with Gasteiger partial charge < -0.3 is 19.7 Å². The minimum Gasteiger partial charge on any atom is -0.492 e. The van der Waals surface area contributed by atoms with Gasteiger partial charge in [0, 0.05) is 51.2 Å². The van der Waals surface area contributed by atoms with Crippen molar-refractivity contribution < 1.29 is 9.47 Å². The molecule has 8 heteroatoms. The molecule has 158 valence electrons. The summed E-state index contributed by atoms with van der Waals surface area (Å²) in [6.07, 6.45) is 0. The summed E-state index contributed by atoms with van der Waals surface area (Å²) in [6, 6.07) is 8.17. The average molecular weight is 418 g/mol. The molecule has 0 radical (unpaired) electrons. The minimum atomic E-state index is 0.654. The lowest BCUT2D eigenvalue weighted by Gasteiger charge is -2.26. The van der Waals surface area contributed by atoms with Crippen LogP contribution < -0.4 is 10.1 Å². The van der Waals surface area contributed by atoms with E-state index in [9.17, 15) is 0 Å². The Bertz CT molecular complexity index is 789. The number of para-hydroxylation sites is 1. The number of ether oxygens (including phenoxy) is 2. The predicted molar refractivity (Wildman–Crippen MR) is 118 cm³/mol. The second kappa shape index (κ2) is 11.1. The first-order valence-corrected chi connectivity index (χ1v) is 10.9. The number of morpholine rings is 1. The van der Waals surface area contributed by atoms with Gasteiger partial charge in [-0.15, -0.1) is 11.3 Å². The molecule has 7 nitrogen and oxygen atoms in total. The lowest BCUT2D eigenvalue weighted by atomic mass is 10.2. The summed E-state index contributed by atoms with van der Waals surface area (Å²) in [5.41, 5.74) is 2.18. The molecule has 29 heavy (non-hydrogen) atoms. The number of aliphatic imine (C=N–C) groups is 1. The maximum atomic E-state index is 6.08. The van der Waals surface area contributed by atoms with E-state index in [1.165, 1.54) is 0 Å². The molecule has 0 saturated carbocycles. The number of rotatable bonds is 8. The number of thiazole rings is 1. The number of hydrogen-bond donors (Lipinski definition) is 1. The van der Waals surface area contributed by atoms with Gasteiger partial charge in [-0.2, -0.15) is 0 Å². The monoisotopic (exact) mass is 417 g/mol. The van der Waals surface area contributed by atoms with Gasteiger partial charge in [0.15, 0.2) is 5.96 Å². The van der Waals surface area contributed by atoms with Crippen molar-refractivity contribution in [2.75, 3.05) is 53.6 Å². The fourth-order valence-corrected chi connectivity index (χ4v) is 3.86. The van der Waals surface area contributed by atoms with E-state index in [0.717, 1.165) is 67.4 Å². The Kier molecular flexibility index (Phi) is 8.27. The number of aromatic nitrogens is 1. The van der Waals surface area contributed by atoms with Gasteiger partial charge in [0.25, 0.3) is 0 Å². The van der Waals surface area contributed by atoms with Crippen LogP contribution in [0.1, 0.15) is 16.3 Å². The number of guanidine groups is 1. The van der Waals surface area contributed by atoms with Crippen LogP contribution >= 0.6 is 11.3 Å². The van der Waals surface area contributed by atoms with Crippen molar-refractivity contribution in [3.05, 3.63) is 45.9 Å². The minimum absolute atomic E-state index is 0.654.